The van der Waals surface area contributed by atoms with Gasteiger partial charge in [0.25, 0.3) is 0 Å². The predicted octanol–water partition coefficient (Wildman–Crippen LogP) is 19.3. The minimum absolute atomic E-state index is 1.23. The summed E-state index contributed by atoms with van der Waals surface area (Å²) in [7, 11) is 0. The van der Waals surface area contributed by atoms with Gasteiger partial charge in [0.1, 0.15) is 0 Å². The van der Waals surface area contributed by atoms with Crippen LogP contribution in [0.15, 0.2) is 218 Å². The van der Waals surface area contributed by atoms with E-state index in [4.69, 9.17) is 0 Å². The third-order valence-corrected chi connectivity index (χ3v) is 16.1. The molecule has 0 aliphatic heterocycles. The van der Waals surface area contributed by atoms with Crippen molar-refractivity contribution in [3.05, 3.63) is 218 Å². The van der Waals surface area contributed by atoms with Crippen molar-refractivity contribution in [1.82, 2.24) is 0 Å². The molecule has 0 atom stereocenters. The van der Waals surface area contributed by atoms with Gasteiger partial charge in [-0.05, 0) is 199 Å². The number of hydrogen-bond acceptors (Lipinski definition) is 0. The molecular weight excluding hydrogens is 817 g/mol. The Bertz CT molecular complexity index is 4670. The van der Waals surface area contributed by atoms with E-state index < -0.39 is 0 Å². The van der Waals surface area contributed by atoms with Gasteiger partial charge in [-0.1, -0.05) is 194 Å². The highest BCUT2D eigenvalue weighted by Gasteiger charge is 2.35. The van der Waals surface area contributed by atoms with Crippen molar-refractivity contribution in [1.29, 1.82) is 0 Å². The highest BCUT2D eigenvalue weighted by Crippen LogP contribution is 2.63. The summed E-state index contributed by atoms with van der Waals surface area (Å²) in [6, 6.07) is 83.2. The number of rotatable bonds is 4. The Morgan fingerprint density at radius 1 is 0.162 bits per heavy atom. The van der Waals surface area contributed by atoms with Crippen LogP contribution in [0.25, 0.3) is 174 Å². The summed E-state index contributed by atoms with van der Waals surface area (Å²) in [6.07, 6.45) is 0. The van der Waals surface area contributed by atoms with E-state index in [1.165, 1.54) is 174 Å². The molecular formula is C68H36. The van der Waals surface area contributed by atoms with Crippen LogP contribution in [0.4, 0.5) is 0 Å². The van der Waals surface area contributed by atoms with Gasteiger partial charge in [0, 0.05) is 0 Å². The van der Waals surface area contributed by atoms with Crippen LogP contribution in [-0.2, 0) is 0 Å². The smallest absolute Gasteiger partial charge is 0.000136 e. The van der Waals surface area contributed by atoms with Gasteiger partial charge in [-0.15, -0.1) is 0 Å². The molecule has 0 spiro atoms. The van der Waals surface area contributed by atoms with E-state index in [2.05, 4.69) is 218 Å². The summed E-state index contributed by atoms with van der Waals surface area (Å²) in [5, 5.41) is 26.7. The zero-order valence-electron chi connectivity index (χ0n) is 36.8. The van der Waals surface area contributed by atoms with Crippen molar-refractivity contribution >= 4 is 108 Å². The van der Waals surface area contributed by atoms with E-state index in [1.807, 2.05) is 0 Å². The molecule has 0 heteroatoms. The summed E-state index contributed by atoms with van der Waals surface area (Å²) < 4.78 is 0. The van der Waals surface area contributed by atoms with E-state index in [0.29, 0.717) is 0 Å². The van der Waals surface area contributed by atoms with Crippen LogP contribution in [0, 0.1) is 0 Å². The van der Waals surface area contributed by atoms with Gasteiger partial charge in [-0.2, -0.15) is 0 Å². The van der Waals surface area contributed by atoms with Crippen molar-refractivity contribution in [2.45, 2.75) is 0 Å². The Balaban J connectivity index is 1.12. The fourth-order valence-corrected chi connectivity index (χ4v) is 13.5. The van der Waals surface area contributed by atoms with Crippen molar-refractivity contribution < 1.29 is 0 Å². The maximum atomic E-state index is 2.56. The van der Waals surface area contributed by atoms with Crippen molar-refractivity contribution in [2.75, 3.05) is 0 Å². The van der Waals surface area contributed by atoms with Gasteiger partial charge in [0.05, 0.1) is 0 Å². The average molecular weight is 853 g/mol. The number of fused-ring (bicyclic) bond motifs is 5. The zero-order chi connectivity index (χ0) is 43.9. The zero-order valence-corrected chi connectivity index (χ0v) is 36.8. The fourth-order valence-electron chi connectivity index (χ4n) is 13.5. The molecule has 0 unspecified atom stereocenters. The molecule has 0 fully saturated rings. The largest absolute Gasteiger partial charge is 0.0622 e. The molecule has 0 aromatic heterocycles. The third-order valence-electron chi connectivity index (χ3n) is 16.1. The maximum absolute atomic E-state index is 2.56. The average Bonchev–Trinajstić information content (AvgIpc) is 3.72. The molecule has 17 rings (SSSR count). The van der Waals surface area contributed by atoms with Gasteiger partial charge in [-0.3, -0.25) is 0 Å². The minimum Gasteiger partial charge on any atom is -0.0622 e. The molecule has 0 N–H and O–H groups in total. The molecule has 308 valence electrons. The fraction of sp³-hybridized carbons (Fsp3) is 0. The van der Waals surface area contributed by atoms with Gasteiger partial charge in [0.2, 0.25) is 0 Å². The lowest BCUT2D eigenvalue weighted by Crippen LogP contribution is -1.96. The van der Waals surface area contributed by atoms with Crippen molar-refractivity contribution in [2.24, 2.45) is 0 Å². The molecule has 0 nitrogen and oxygen atoms in total. The third kappa shape index (κ3) is 4.28. The molecule has 16 aromatic carbocycles. The Kier molecular flexibility index (Phi) is 6.53. The molecule has 1 aliphatic carbocycles. The molecule has 16 aromatic rings. The minimum atomic E-state index is 1.23. The van der Waals surface area contributed by atoms with Gasteiger partial charge in [-0.25, -0.2) is 0 Å². The van der Waals surface area contributed by atoms with Gasteiger partial charge in [0.15, 0.2) is 0 Å². The number of hydrogen-bond donors (Lipinski definition) is 0. The van der Waals surface area contributed by atoms with Crippen molar-refractivity contribution in [3.63, 3.8) is 0 Å². The van der Waals surface area contributed by atoms with Crippen LogP contribution in [-0.4, -0.2) is 0 Å². The Hall–Kier alpha value is -8.84. The first-order chi connectivity index (χ1) is 33.8. The highest BCUT2D eigenvalue weighted by molar-refractivity contribution is 6.49. The molecule has 0 bridgehead atoms. The second-order valence-corrected chi connectivity index (χ2v) is 19.3. The Morgan fingerprint density at radius 3 is 1.06 bits per heavy atom. The first-order valence-corrected chi connectivity index (χ1v) is 23.9. The molecule has 1 aliphatic rings. The molecule has 68 heavy (non-hydrogen) atoms. The SMILES string of the molecule is c1ccc(-c2c3c(c(-c4ccccc4)c4c2cc2ccc5c(-c6ccccc6)cc(-c6ccccc6)c6ccc4c2c56)-c2cc4ccc5ccc6ccc7ccc8cc-3c2c2c8c7c6c5c42)cc1. The summed E-state index contributed by atoms with van der Waals surface area (Å²) in [6.45, 7) is 0. The van der Waals surface area contributed by atoms with E-state index in [0.717, 1.165) is 0 Å². The molecule has 0 heterocycles. The first kappa shape index (κ1) is 35.4. The second kappa shape index (κ2) is 12.5. The lowest BCUT2D eigenvalue weighted by Gasteiger charge is -2.24. The number of benzene rings is 16. The summed E-state index contributed by atoms with van der Waals surface area (Å²) in [5.41, 5.74) is 15.4. The standard InChI is InChI=1S/C68H36/c1-5-13-37(14-6-1)50-36-51(38-15-7-2-8-16-38)48-31-32-49-56-44(29-30-47(50)63(48)56)33-52-55(39-17-9-3-10-18-39)66-53-34-45-27-25-42-23-21-41-22-24-43-26-28-46-35-54(67(66)60(64(49)52)40-19-11-4-12-20-40)65(53)68-61(45)58(42)57(41)59(43)62(46)68/h1-36H. The van der Waals surface area contributed by atoms with Gasteiger partial charge < -0.3 is 0 Å². The van der Waals surface area contributed by atoms with E-state index in [-0.39, 0.29) is 0 Å². The van der Waals surface area contributed by atoms with E-state index in [1.54, 1.807) is 0 Å². The Labute approximate surface area is 390 Å². The Morgan fingerprint density at radius 2 is 0.544 bits per heavy atom. The molecule has 0 saturated carbocycles. The lowest BCUT2D eigenvalue weighted by atomic mass is 9.78. The molecule has 0 radical (unpaired) electrons. The van der Waals surface area contributed by atoms with Crippen LogP contribution in [0.2, 0.25) is 0 Å². The maximum Gasteiger partial charge on any atom is -0.000136 e. The van der Waals surface area contributed by atoms with Crippen LogP contribution in [0.5, 0.6) is 0 Å². The van der Waals surface area contributed by atoms with Crippen molar-refractivity contribution in [3.8, 4) is 66.8 Å². The van der Waals surface area contributed by atoms with Crippen LogP contribution in [0.1, 0.15) is 0 Å². The summed E-state index contributed by atoms with van der Waals surface area (Å²) >= 11 is 0. The molecule has 0 amide bonds. The van der Waals surface area contributed by atoms with Crippen LogP contribution >= 0.6 is 0 Å². The normalized spacial score (nSPS) is 12.7. The van der Waals surface area contributed by atoms with E-state index in [9.17, 15) is 0 Å². The quantitative estimate of drug-likeness (QED) is 0.122. The lowest BCUT2D eigenvalue weighted by molar-refractivity contribution is 1.63. The first-order valence-electron chi connectivity index (χ1n) is 23.9. The van der Waals surface area contributed by atoms with Crippen LogP contribution in [0.3, 0.4) is 0 Å². The molecule has 0 saturated heterocycles. The second-order valence-electron chi connectivity index (χ2n) is 19.3. The topological polar surface area (TPSA) is 0 Å². The summed E-state index contributed by atoms with van der Waals surface area (Å²) in [5.74, 6) is 0. The summed E-state index contributed by atoms with van der Waals surface area (Å²) in [4.78, 5) is 0. The van der Waals surface area contributed by atoms with Gasteiger partial charge >= 0.3 is 0 Å². The van der Waals surface area contributed by atoms with E-state index >= 15 is 0 Å². The highest BCUT2D eigenvalue weighted by atomic mass is 14.4. The monoisotopic (exact) mass is 852 g/mol. The van der Waals surface area contributed by atoms with Crippen LogP contribution < -0.4 is 0 Å². The predicted molar refractivity (Wildman–Crippen MR) is 292 cm³/mol.